The lowest BCUT2D eigenvalue weighted by molar-refractivity contribution is 0.174. The molecule has 1 aromatic carbocycles. The van der Waals surface area contributed by atoms with Gasteiger partial charge in [0.05, 0.1) is 0 Å². The fourth-order valence-electron chi connectivity index (χ4n) is 2.96. The van der Waals surface area contributed by atoms with Crippen LogP contribution in [0.2, 0.25) is 0 Å². The number of benzene rings is 1. The summed E-state index contributed by atoms with van der Waals surface area (Å²) in [5.74, 6) is 2.74. The highest BCUT2D eigenvalue weighted by molar-refractivity contribution is 14.1. The molecular weight excluding hydrogens is 557 g/mol. The highest BCUT2D eigenvalue weighted by Gasteiger charge is 2.21. The average Bonchev–Trinajstić information content (AvgIpc) is 3.25. The third kappa shape index (κ3) is 3.90. The Labute approximate surface area is 189 Å². The quantitative estimate of drug-likeness (QED) is 0.324. The molecule has 1 aliphatic heterocycles. The topological polar surface area (TPSA) is 88.1 Å². The van der Waals surface area contributed by atoms with Gasteiger partial charge in [0.25, 0.3) is 0 Å². The van der Waals surface area contributed by atoms with Gasteiger partial charge in [0, 0.05) is 26.8 Å². The lowest BCUT2D eigenvalue weighted by Crippen LogP contribution is -2.05. The zero-order valence-electron chi connectivity index (χ0n) is 15.2. The first-order valence-corrected chi connectivity index (χ1v) is 12.0. The molecule has 7 nitrogen and oxygen atoms in total. The van der Waals surface area contributed by atoms with Crippen LogP contribution in [0.1, 0.15) is 25.6 Å². The molecule has 3 aromatic rings. The summed E-state index contributed by atoms with van der Waals surface area (Å²) in [6.45, 7) is 3.16. The molecule has 0 aliphatic carbocycles. The van der Waals surface area contributed by atoms with Crippen LogP contribution in [-0.4, -0.2) is 31.6 Å². The van der Waals surface area contributed by atoms with Gasteiger partial charge in [-0.25, -0.2) is 15.0 Å². The molecule has 0 spiro atoms. The van der Waals surface area contributed by atoms with Crippen LogP contribution in [0.15, 0.2) is 22.2 Å². The van der Waals surface area contributed by atoms with E-state index in [1.165, 1.54) is 0 Å². The fourth-order valence-corrected chi connectivity index (χ4v) is 4.92. The van der Waals surface area contributed by atoms with Crippen molar-refractivity contribution in [2.75, 3.05) is 17.9 Å². The minimum absolute atomic E-state index is 0.260. The van der Waals surface area contributed by atoms with Gasteiger partial charge in [0.15, 0.2) is 33.6 Å². The second-order valence-corrected chi connectivity index (χ2v) is 9.24. The second-order valence-electron chi connectivity index (χ2n) is 6.27. The van der Waals surface area contributed by atoms with Crippen molar-refractivity contribution in [1.82, 2.24) is 19.5 Å². The van der Waals surface area contributed by atoms with E-state index in [2.05, 4.69) is 55.0 Å². The Morgan fingerprint density at radius 3 is 2.79 bits per heavy atom. The lowest BCUT2D eigenvalue weighted by atomic mass is 10.3. The van der Waals surface area contributed by atoms with E-state index in [1.54, 1.807) is 11.8 Å². The third-order valence-corrected chi connectivity index (χ3v) is 7.12. The predicted octanol–water partition coefficient (Wildman–Crippen LogP) is 4.63. The van der Waals surface area contributed by atoms with Gasteiger partial charge in [0.2, 0.25) is 6.79 Å². The number of alkyl halides is 1. The van der Waals surface area contributed by atoms with Crippen molar-refractivity contribution in [2.24, 2.45) is 0 Å². The van der Waals surface area contributed by atoms with Crippen molar-refractivity contribution in [3.05, 3.63) is 21.5 Å². The first-order chi connectivity index (χ1) is 13.6. The molecule has 0 saturated heterocycles. The minimum atomic E-state index is 0.260. The number of imidazole rings is 1. The summed E-state index contributed by atoms with van der Waals surface area (Å²) in [4.78, 5) is 15.0. The van der Waals surface area contributed by atoms with Crippen LogP contribution in [0.3, 0.4) is 0 Å². The van der Waals surface area contributed by atoms with Crippen molar-refractivity contribution in [3.63, 3.8) is 0 Å². The van der Waals surface area contributed by atoms with Crippen LogP contribution < -0.4 is 15.2 Å². The molecule has 4 rings (SSSR count). The number of nitrogen functional groups attached to an aromatic ring is 1. The Balaban J connectivity index is 1.78. The Morgan fingerprint density at radius 2 is 2.04 bits per heavy atom. The van der Waals surface area contributed by atoms with Crippen molar-refractivity contribution in [3.8, 4) is 11.5 Å². The van der Waals surface area contributed by atoms with E-state index >= 15 is 0 Å². The van der Waals surface area contributed by atoms with E-state index in [0.717, 1.165) is 67.7 Å². The Morgan fingerprint density at radius 1 is 1.25 bits per heavy atom. The monoisotopic (exact) mass is 575 g/mol. The highest BCUT2D eigenvalue weighted by Crippen LogP contribution is 2.41. The number of halogens is 2. The summed E-state index contributed by atoms with van der Waals surface area (Å²) >= 11 is 7.41. The highest BCUT2D eigenvalue weighted by atomic mass is 127. The SMILES string of the molecule is CCCc1nc(N)c2nc(Sc3cc4c(cc3I)OCO4)n(CCCBr)c2n1. The molecule has 0 amide bonds. The number of anilines is 1. The van der Waals surface area contributed by atoms with E-state index in [1.807, 2.05) is 12.1 Å². The van der Waals surface area contributed by atoms with Gasteiger partial charge in [-0.15, -0.1) is 0 Å². The number of ether oxygens (including phenoxy) is 2. The first kappa shape index (κ1) is 20.0. The van der Waals surface area contributed by atoms with Gasteiger partial charge in [-0.3, -0.25) is 0 Å². The molecule has 148 valence electrons. The maximum absolute atomic E-state index is 6.21. The average molecular weight is 576 g/mol. The molecule has 0 atom stereocenters. The molecule has 0 fully saturated rings. The Kier molecular flexibility index (Phi) is 6.16. The number of fused-ring (bicyclic) bond motifs is 2. The number of nitrogens with zero attached hydrogens (tertiary/aromatic N) is 4. The molecule has 10 heteroatoms. The van der Waals surface area contributed by atoms with Crippen LogP contribution in [0, 0.1) is 3.57 Å². The van der Waals surface area contributed by atoms with Crippen molar-refractivity contribution >= 4 is 67.3 Å². The lowest BCUT2D eigenvalue weighted by Gasteiger charge is -2.09. The van der Waals surface area contributed by atoms with Crippen LogP contribution in [0.5, 0.6) is 11.5 Å². The van der Waals surface area contributed by atoms with Crippen LogP contribution in [0.4, 0.5) is 5.82 Å². The number of nitrogens with two attached hydrogens (primary N) is 1. The summed E-state index contributed by atoms with van der Waals surface area (Å²) in [5, 5.41) is 1.75. The molecule has 28 heavy (non-hydrogen) atoms. The number of hydrogen-bond acceptors (Lipinski definition) is 7. The summed E-state index contributed by atoms with van der Waals surface area (Å²) < 4.78 is 14.2. The molecule has 0 bridgehead atoms. The fraction of sp³-hybridized carbons (Fsp3) is 0.389. The molecule has 1 aliphatic rings. The van der Waals surface area contributed by atoms with Gasteiger partial charge >= 0.3 is 0 Å². The van der Waals surface area contributed by atoms with Gasteiger partial charge in [-0.05, 0) is 47.6 Å². The van der Waals surface area contributed by atoms with Crippen LogP contribution >= 0.6 is 50.3 Å². The van der Waals surface area contributed by atoms with Crippen LogP contribution in [0.25, 0.3) is 11.2 Å². The van der Waals surface area contributed by atoms with Crippen LogP contribution in [-0.2, 0) is 13.0 Å². The molecule has 2 aromatic heterocycles. The Hall–Kier alpha value is -1.27. The molecular formula is C18H19BrIN5O2S. The van der Waals surface area contributed by atoms with Gasteiger partial charge in [0.1, 0.15) is 5.82 Å². The first-order valence-electron chi connectivity index (χ1n) is 8.96. The zero-order chi connectivity index (χ0) is 19.7. The number of aryl methyl sites for hydroxylation is 2. The second kappa shape index (κ2) is 8.62. The van der Waals surface area contributed by atoms with E-state index in [9.17, 15) is 0 Å². The number of aromatic nitrogens is 4. The van der Waals surface area contributed by atoms with Crippen molar-refractivity contribution in [2.45, 2.75) is 42.8 Å². The predicted molar refractivity (Wildman–Crippen MR) is 122 cm³/mol. The summed E-state index contributed by atoms with van der Waals surface area (Å²) in [5.41, 5.74) is 7.67. The third-order valence-electron chi connectivity index (χ3n) is 4.25. The molecule has 2 N–H and O–H groups in total. The maximum atomic E-state index is 6.21. The molecule has 0 unspecified atom stereocenters. The molecule has 0 radical (unpaired) electrons. The van der Waals surface area contributed by atoms with Crippen molar-refractivity contribution in [1.29, 1.82) is 0 Å². The van der Waals surface area contributed by atoms with Crippen molar-refractivity contribution < 1.29 is 9.47 Å². The number of rotatable bonds is 7. The standard InChI is InChI=1S/C18H19BrIN5O2S/c1-2-4-14-22-16(21)15-17(23-14)25(6-3-5-19)18(24-15)28-13-8-12-11(7-10(13)20)26-9-27-12/h7-8H,2-6,9H2,1H3,(H2,21,22,23). The van der Waals surface area contributed by atoms with Gasteiger partial charge in [-0.2, -0.15) is 0 Å². The largest absolute Gasteiger partial charge is 0.454 e. The van der Waals surface area contributed by atoms with Gasteiger partial charge < -0.3 is 19.8 Å². The maximum Gasteiger partial charge on any atom is 0.231 e. The smallest absolute Gasteiger partial charge is 0.231 e. The molecule has 3 heterocycles. The van der Waals surface area contributed by atoms with E-state index in [0.29, 0.717) is 11.3 Å². The summed E-state index contributed by atoms with van der Waals surface area (Å²) in [6, 6.07) is 3.99. The van der Waals surface area contributed by atoms with E-state index in [-0.39, 0.29) is 6.79 Å². The number of hydrogen-bond donors (Lipinski definition) is 1. The summed E-state index contributed by atoms with van der Waals surface area (Å²) in [7, 11) is 0. The van der Waals surface area contributed by atoms with E-state index in [4.69, 9.17) is 25.2 Å². The zero-order valence-corrected chi connectivity index (χ0v) is 19.8. The van der Waals surface area contributed by atoms with Gasteiger partial charge in [-0.1, -0.05) is 34.6 Å². The normalized spacial score (nSPS) is 12.8. The molecule has 0 saturated carbocycles. The minimum Gasteiger partial charge on any atom is -0.454 e. The van der Waals surface area contributed by atoms with E-state index < -0.39 is 0 Å². The Bertz CT molecular complexity index is 1030. The summed E-state index contributed by atoms with van der Waals surface area (Å²) in [6.07, 6.45) is 2.73.